The van der Waals surface area contributed by atoms with Gasteiger partial charge in [0.05, 0.1) is 10.0 Å². The highest BCUT2D eigenvalue weighted by Crippen LogP contribution is 2.36. The summed E-state index contributed by atoms with van der Waals surface area (Å²) in [5.74, 6) is -0.651. The minimum Gasteiger partial charge on any atom is -0.505 e. The summed E-state index contributed by atoms with van der Waals surface area (Å²) in [4.78, 5) is 12.9. The molecule has 0 spiro atoms. The number of rotatable bonds is 6. The van der Waals surface area contributed by atoms with Gasteiger partial charge in [0.15, 0.2) is 5.75 Å². The molecule has 0 saturated carbocycles. The molecule has 0 aliphatic heterocycles. The van der Waals surface area contributed by atoms with Gasteiger partial charge in [-0.1, -0.05) is 83.9 Å². The number of nitrogens with zero attached hydrogens (tertiary/aromatic N) is 2. The average Bonchev–Trinajstić information content (AvgIpc) is 3.27. The molecule has 4 aromatic rings. The van der Waals surface area contributed by atoms with Gasteiger partial charge in [-0.15, -0.1) is 10.2 Å². The molecule has 0 radical (unpaired) electrons. The molecule has 0 aliphatic carbocycles. The van der Waals surface area contributed by atoms with Crippen LogP contribution in [0.1, 0.15) is 34.2 Å². The second-order valence-corrected chi connectivity index (χ2v) is 7.52. The van der Waals surface area contributed by atoms with Crippen LogP contribution >= 0.6 is 23.2 Å². The zero-order valence-corrected chi connectivity index (χ0v) is 17.1. The summed E-state index contributed by atoms with van der Waals surface area (Å²) in [5, 5.41) is 17.6. The molecule has 0 atom stereocenters. The summed E-state index contributed by atoms with van der Waals surface area (Å²) in [6.07, 6.45) is 0.173. The van der Waals surface area contributed by atoms with Gasteiger partial charge in [0.1, 0.15) is 0 Å². The van der Waals surface area contributed by atoms with E-state index in [4.69, 9.17) is 27.6 Å². The maximum atomic E-state index is 12.9. The van der Waals surface area contributed by atoms with Gasteiger partial charge >= 0.3 is 0 Å². The van der Waals surface area contributed by atoms with Crippen LogP contribution < -0.4 is 0 Å². The van der Waals surface area contributed by atoms with Gasteiger partial charge in [-0.3, -0.25) is 4.79 Å². The number of halogens is 2. The number of aromatic hydroxyl groups is 1. The van der Waals surface area contributed by atoms with E-state index in [-0.39, 0.29) is 45.7 Å². The van der Waals surface area contributed by atoms with Crippen LogP contribution in [-0.2, 0) is 0 Å². The maximum absolute atomic E-state index is 12.9. The first kappa shape index (κ1) is 20.1. The second kappa shape index (κ2) is 8.69. The van der Waals surface area contributed by atoms with Crippen molar-refractivity contribution < 1.29 is 14.3 Å². The van der Waals surface area contributed by atoms with Crippen molar-refractivity contribution in [2.75, 3.05) is 0 Å². The van der Waals surface area contributed by atoms with Gasteiger partial charge in [-0.25, -0.2) is 0 Å². The average molecular weight is 439 g/mol. The van der Waals surface area contributed by atoms with Crippen molar-refractivity contribution in [2.24, 2.45) is 0 Å². The van der Waals surface area contributed by atoms with Crippen LogP contribution in [0.15, 0.2) is 77.2 Å². The molecule has 0 bridgehead atoms. The number of Topliss-reactive ketones (excluding diaryl/α,β-unsaturated/α-hetero) is 1. The highest BCUT2D eigenvalue weighted by molar-refractivity contribution is 6.37. The van der Waals surface area contributed by atoms with Gasteiger partial charge in [-0.05, 0) is 23.3 Å². The first-order valence-electron chi connectivity index (χ1n) is 9.18. The molecule has 7 heteroatoms. The summed E-state index contributed by atoms with van der Waals surface area (Å²) < 4.78 is 5.58. The maximum Gasteiger partial charge on any atom is 0.284 e. The Labute approximate surface area is 182 Å². The van der Waals surface area contributed by atoms with Crippen molar-refractivity contribution in [3.05, 3.63) is 99.9 Å². The molecule has 4 rings (SSSR count). The van der Waals surface area contributed by atoms with E-state index < -0.39 is 0 Å². The van der Waals surface area contributed by atoms with Gasteiger partial charge in [0.2, 0.25) is 11.7 Å². The molecule has 0 unspecified atom stereocenters. The molecule has 0 aliphatic rings. The van der Waals surface area contributed by atoms with Crippen molar-refractivity contribution in [3.63, 3.8) is 0 Å². The first-order valence-corrected chi connectivity index (χ1v) is 9.93. The first-order chi connectivity index (χ1) is 14.5. The van der Waals surface area contributed by atoms with Crippen LogP contribution in [0.25, 0.3) is 11.5 Å². The van der Waals surface area contributed by atoms with E-state index in [0.717, 1.165) is 11.1 Å². The van der Waals surface area contributed by atoms with E-state index in [1.54, 1.807) is 0 Å². The highest BCUT2D eigenvalue weighted by Gasteiger charge is 2.23. The monoisotopic (exact) mass is 438 g/mol. The second-order valence-electron chi connectivity index (χ2n) is 6.70. The lowest BCUT2D eigenvalue weighted by atomic mass is 9.87. The summed E-state index contributed by atoms with van der Waals surface area (Å²) in [5.41, 5.74) is 2.46. The lowest BCUT2D eigenvalue weighted by Gasteiger charge is -2.16. The van der Waals surface area contributed by atoms with E-state index in [0.29, 0.717) is 5.56 Å². The number of carbonyl (C=O) groups excluding carboxylic acids is 1. The van der Waals surface area contributed by atoms with Crippen LogP contribution in [-0.4, -0.2) is 21.1 Å². The third-order valence-corrected chi connectivity index (χ3v) is 5.30. The number of aromatic nitrogens is 2. The summed E-state index contributed by atoms with van der Waals surface area (Å²) in [6.45, 7) is 0. The van der Waals surface area contributed by atoms with Gasteiger partial charge < -0.3 is 9.52 Å². The van der Waals surface area contributed by atoms with Crippen molar-refractivity contribution >= 4 is 29.0 Å². The quantitative estimate of drug-likeness (QED) is 0.365. The zero-order valence-electron chi connectivity index (χ0n) is 15.6. The summed E-state index contributed by atoms with van der Waals surface area (Å²) in [7, 11) is 0. The SMILES string of the molecule is O=C(CC(c1ccccc1)c1ccccc1)c1nnc(-c2cc(Cl)c(O)c(Cl)c2)o1. The Kier molecular flexibility index (Phi) is 5.84. The smallest absolute Gasteiger partial charge is 0.284 e. The molecule has 5 nitrogen and oxygen atoms in total. The molecule has 3 aromatic carbocycles. The predicted octanol–water partition coefficient (Wildman–Crippen LogP) is 6.15. The molecule has 1 N–H and O–H groups in total. The van der Waals surface area contributed by atoms with E-state index >= 15 is 0 Å². The summed E-state index contributed by atoms with van der Waals surface area (Å²) in [6, 6.07) is 22.5. The Morgan fingerprint density at radius 3 is 1.97 bits per heavy atom. The standard InChI is InChI=1S/C23H16Cl2N2O3/c24-18-11-16(12-19(25)21(18)29)22-26-27-23(30-22)20(28)13-17(14-7-3-1-4-8-14)15-9-5-2-6-10-15/h1-12,17,29H,13H2. The van der Waals surface area contributed by atoms with Crippen LogP contribution in [0.4, 0.5) is 0 Å². The van der Waals surface area contributed by atoms with Crippen LogP contribution in [0.5, 0.6) is 5.75 Å². The Hall–Kier alpha value is -3.15. The molecular weight excluding hydrogens is 423 g/mol. The fraction of sp³-hybridized carbons (Fsp3) is 0.0870. The third-order valence-electron chi connectivity index (χ3n) is 4.72. The van der Waals surface area contributed by atoms with Crippen LogP contribution in [0.2, 0.25) is 10.0 Å². The number of ketones is 1. The largest absolute Gasteiger partial charge is 0.505 e. The molecule has 0 saturated heterocycles. The van der Waals surface area contributed by atoms with E-state index in [9.17, 15) is 9.90 Å². The minimum atomic E-state index is -0.276. The minimum absolute atomic E-state index is 0.0526. The number of phenolic OH excluding ortho intramolecular Hbond substituents is 1. The molecule has 0 amide bonds. The fourth-order valence-corrected chi connectivity index (χ4v) is 3.70. The molecule has 30 heavy (non-hydrogen) atoms. The predicted molar refractivity (Wildman–Crippen MR) is 115 cm³/mol. The lowest BCUT2D eigenvalue weighted by Crippen LogP contribution is -2.09. The van der Waals surface area contributed by atoms with Gasteiger partial charge in [0, 0.05) is 17.9 Å². The van der Waals surface area contributed by atoms with E-state index in [1.165, 1.54) is 12.1 Å². The van der Waals surface area contributed by atoms with Crippen molar-refractivity contribution in [2.45, 2.75) is 12.3 Å². The zero-order chi connectivity index (χ0) is 21.1. The Morgan fingerprint density at radius 1 is 0.900 bits per heavy atom. The van der Waals surface area contributed by atoms with Crippen LogP contribution in [0, 0.1) is 0 Å². The normalized spacial score (nSPS) is 11.0. The Bertz CT molecular complexity index is 1120. The molecular formula is C23H16Cl2N2O3. The van der Waals surface area contributed by atoms with Crippen molar-refractivity contribution in [3.8, 4) is 17.2 Å². The number of hydrogen-bond donors (Lipinski definition) is 1. The van der Waals surface area contributed by atoms with Gasteiger partial charge in [-0.2, -0.15) is 0 Å². The molecule has 0 fully saturated rings. The number of carbonyl (C=O) groups is 1. The Balaban J connectivity index is 1.61. The van der Waals surface area contributed by atoms with Crippen molar-refractivity contribution in [1.29, 1.82) is 0 Å². The number of benzene rings is 3. The lowest BCUT2D eigenvalue weighted by molar-refractivity contribution is 0.0944. The van der Waals surface area contributed by atoms with E-state index in [2.05, 4.69) is 10.2 Å². The fourth-order valence-electron chi connectivity index (χ4n) is 3.21. The number of hydrogen-bond acceptors (Lipinski definition) is 5. The van der Waals surface area contributed by atoms with Gasteiger partial charge in [0.25, 0.3) is 5.89 Å². The van der Waals surface area contributed by atoms with E-state index in [1.807, 2.05) is 60.7 Å². The summed E-state index contributed by atoms with van der Waals surface area (Å²) >= 11 is 11.9. The molecule has 150 valence electrons. The molecule has 1 heterocycles. The topological polar surface area (TPSA) is 76.2 Å². The Morgan fingerprint density at radius 2 is 1.43 bits per heavy atom. The van der Waals surface area contributed by atoms with Crippen molar-refractivity contribution in [1.82, 2.24) is 10.2 Å². The third kappa shape index (κ3) is 4.22. The number of phenols is 1. The van der Waals surface area contributed by atoms with Crippen LogP contribution in [0.3, 0.4) is 0 Å². The molecule has 1 aromatic heterocycles. The highest BCUT2D eigenvalue weighted by atomic mass is 35.5.